The minimum Gasteiger partial charge on any atom is -0.389 e. The van der Waals surface area contributed by atoms with E-state index < -0.39 is 0 Å². The van der Waals surface area contributed by atoms with Crippen molar-refractivity contribution in [2.75, 3.05) is 52.5 Å². The van der Waals surface area contributed by atoms with E-state index in [-0.39, 0.29) is 6.10 Å². The predicted octanol–water partition coefficient (Wildman–Crippen LogP) is 1.19. The fourth-order valence-corrected chi connectivity index (χ4v) is 2.64. The summed E-state index contributed by atoms with van der Waals surface area (Å²) in [4.78, 5) is 4.95. The molecular formula is C15H30N2O2. The topological polar surface area (TPSA) is 35.9 Å². The zero-order valence-electron chi connectivity index (χ0n) is 12.4. The summed E-state index contributed by atoms with van der Waals surface area (Å²) in [5.41, 5.74) is 0. The van der Waals surface area contributed by atoms with Gasteiger partial charge in [-0.2, -0.15) is 0 Å². The molecule has 1 saturated heterocycles. The lowest BCUT2D eigenvalue weighted by Crippen LogP contribution is -2.49. The smallest absolute Gasteiger partial charge is 0.0900 e. The fraction of sp³-hybridized carbons (Fsp3) is 1.00. The summed E-state index contributed by atoms with van der Waals surface area (Å²) in [5.74, 6) is 0.990. The van der Waals surface area contributed by atoms with Gasteiger partial charge in [0.05, 0.1) is 12.7 Å². The van der Waals surface area contributed by atoms with E-state index >= 15 is 0 Å². The maximum absolute atomic E-state index is 9.94. The van der Waals surface area contributed by atoms with Gasteiger partial charge in [0.15, 0.2) is 0 Å². The highest BCUT2D eigenvalue weighted by atomic mass is 16.5. The van der Waals surface area contributed by atoms with Gasteiger partial charge in [0.25, 0.3) is 0 Å². The molecule has 1 aliphatic carbocycles. The third kappa shape index (κ3) is 6.21. The molecule has 1 unspecified atom stereocenters. The highest BCUT2D eigenvalue weighted by Gasteiger charge is 2.26. The molecule has 1 heterocycles. The van der Waals surface area contributed by atoms with Crippen LogP contribution < -0.4 is 0 Å². The van der Waals surface area contributed by atoms with Crippen LogP contribution >= 0.6 is 0 Å². The first-order valence-corrected chi connectivity index (χ1v) is 7.98. The van der Waals surface area contributed by atoms with E-state index in [0.29, 0.717) is 6.61 Å². The maximum Gasteiger partial charge on any atom is 0.0900 e. The Hall–Kier alpha value is -0.160. The number of aliphatic hydroxyl groups excluding tert-OH is 1. The Morgan fingerprint density at radius 1 is 1.16 bits per heavy atom. The first-order valence-electron chi connectivity index (χ1n) is 7.98. The lowest BCUT2D eigenvalue weighted by Gasteiger charge is -2.35. The molecule has 4 nitrogen and oxygen atoms in total. The molecule has 4 heteroatoms. The van der Waals surface area contributed by atoms with Crippen LogP contribution in [-0.2, 0) is 4.74 Å². The molecular weight excluding hydrogens is 240 g/mol. The van der Waals surface area contributed by atoms with Crippen molar-refractivity contribution in [1.82, 2.24) is 9.80 Å². The van der Waals surface area contributed by atoms with Gasteiger partial charge in [-0.05, 0) is 25.2 Å². The third-order valence-corrected chi connectivity index (χ3v) is 4.10. The molecule has 0 spiro atoms. The van der Waals surface area contributed by atoms with E-state index in [4.69, 9.17) is 4.74 Å². The van der Waals surface area contributed by atoms with Gasteiger partial charge in [0.1, 0.15) is 0 Å². The van der Waals surface area contributed by atoms with E-state index in [1.165, 1.54) is 32.5 Å². The molecule has 112 valence electrons. The summed E-state index contributed by atoms with van der Waals surface area (Å²) < 4.78 is 5.47. The number of nitrogens with zero attached hydrogens (tertiary/aromatic N) is 2. The van der Waals surface area contributed by atoms with Crippen molar-refractivity contribution in [3.05, 3.63) is 0 Å². The van der Waals surface area contributed by atoms with Crippen LogP contribution in [-0.4, -0.2) is 73.5 Å². The fourth-order valence-electron chi connectivity index (χ4n) is 2.64. The molecule has 1 aliphatic heterocycles. The first-order chi connectivity index (χ1) is 9.28. The Morgan fingerprint density at radius 2 is 1.84 bits per heavy atom. The molecule has 0 radical (unpaired) electrons. The number of rotatable bonds is 9. The Balaban J connectivity index is 1.51. The molecule has 0 aromatic rings. The molecule has 0 aromatic heterocycles. The average Bonchev–Trinajstić information content (AvgIpc) is 3.21. The predicted molar refractivity (Wildman–Crippen MR) is 77.3 cm³/mol. The van der Waals surface area contributed by atoms with Gasteiger partial charge in [0.2, 0.25) is 0 Å². The number of ether oxygens (including phenoxy) is 1. The largest absolute Gasteiger partial charge is 0.389 e. The van der Waals surface area contributed by atoms with Crippen LogP contribution in [0, 0.1) is 5.92 Å². The van der Waals surface area contributed by atoms with Gasteiger partial charge in [0, 0.05) is 45.9 Å². The molecule has 0 amide bonds. The van der Waals surface area contributed by atoms with Crippen LogP contribution in [0.1, 0.15) is 32.6 Å². The number of hydrogen-bond donors (Lipinski definition) is 1. The van der Waals surface area contributed by atoms with Crippen LogP contribution in [0.5, 0.6) is 0 Å². The van der Waals surface area contributed by atoms with Gasteiger partial charge in [-0.3, -0.25) is 4.90 Å². The van der Waals surface area contributed by atoms with Crippen molar-refractivity contribution < 1.29 is 9.84 Å². The van der Waals surface area contributed by atoms with Crippen molar-refractivity contribution in [2.24, 2.45) is 5.92 Å². The number of aliphatic hydroxyl groups is 1. The quantitative estimate of drug-likeness (QED) is 0.639. The van der Waals surface area contributed by atoms with Gasteiger partial charge >= 0.3 is 0 Å². The van der Waals surface area contributed by atoms with E-state index in [9.17, 15) is 5.11 Å². The Kier molecular flexibility index (Phi) is 6.57. The maximum atomic E-state index is 9.94. The summed E-state index contributed by atoms with van der Waals surface area (Å²) in [5, 5.41) is 9.94. The average molecular weight is 270 g/mol. The second kappa shape index (κ2) is 8.20. The van der Waals surface area contributed by atoms with E-state index in [2.05, 4.69) is 16.7 Å². The zero-order valence-corrected chi connectivity index (χ0v) is 12.4. The summed E-state index contributed by atoms with van der Waals surface area (Å²) in [6.07, 6.45) is 4.79. The van der Waals surface area contributed by atoms with E-state index in [1.54, 1.807) is 0 Å². The molecule has 1 saturated carbocycles. The van der Waals surface area contributed by atoms with Gasteiger partial charge in [-0.1, -0.05) is 13.3 Å². The van der Waals surface area contributed by atoms with E-state index in [0.717, 1.165) is 45.0 Å². The number of hydrogen-bond acceptors (Lipinski definition) is 4. The molecule has 2 aliphatic rings. The van der Waals surface area contributed by atoms with Gasteiger partial charge in [-0.15, -0.1) is 0 Å². The molecule has 2 fully saturated rings. The normalized spacial score (nSPS) is 23.7. The molecule has 0 bridgehead atoms. The minimum atomic E-state index is -0.327. The van der Waals surface area contributed by atoms with Crippen LogP contribution in [0.4, 0.5) is 0 Å². The Morgan fingerprint density at radius 3 is 2.47 bits per heavy atom. The molecule has 1 N–H and O–H groups in total. The highest BCUT2D eigenvalue weighted by molar-refractivity contribution is 4.81. The minimum absolute atomic E-state index is 0.327. The van der Waals surface area contributed by atoms with Crippen LogP contribution in [0.3, 0.4) is 0 Å². The highest BCUT2D eigenvalue weighted by Crippen LogP contribution is 2.29. The van der Waals surface area contributed by atoms with Crippen molar-refractivity contribution in [2.45, 2.75) is 38.7 Å². The molecule has 1 atom stereocenters. The summed E-state index contributed by atoms with van der Waals surface area (Å²) in [7, 11) is 0. The Labute approximate surface area is 117 Å². The van der Waals surface area contributed by atoms with Crippen LogP contribution in [0.25, 0.3) is 0 Å². The number of β-amino-alcohol motifs (C(OH)–C–C–N with tert-alkyl or cyclic N) is 1. The molecule has 0 aromatic carbocycles. The standard InChI is InChI=1S/C15H30N2O2/c1-2-3-10-19-13-15(18)12-17-8-6-16(7-9-17)11-14-4-5-14/h14-15,18H,2-13H2,1H3. The molecule has 19 heavy (non-hydrogen) atoms. The summed E-state index contributed by atoms with van der Waals surface area (Å²) >= 11 is 0. The monoisotopic (exact) mass is 270 g/mol. The lowest BCUT2D eigenvalue weighted by molar-refractivity contribution is 0.00618. The van der Waals surface area contributed by atoms with Crippen LogP contribution in [0.15, 0.2) is 0 Å². The zero-order chi connectivity index (χ0) is 13.5. The lowest BCUT2D eigenvalue weighted by atomic mass is 10.2. The SMILES string of the molecule is CCCCOCC(O)CN1CCN(CC2CC2)CC1. The third-order valence-electron chi connectivity index (χ3n) is 4.10. The van der Waals surface area contributed by atoms with Crippen LogP contribution in [0.2, 0.25) is 0 Å². The van der Waals surface area contributed by atoms with Gasteiger partial charge in [-0.25, -0.2) is 0 Å². The number of unbranched alkanes of at least 4 members (excludes halogenated alkanes) is 1. The van der Waals surface area contributed by atoms with Crippen molar-refractivity contribution in [3.8, 4) is 0 Å². The second-order valence-electron chi connectivity index (χ2n) is 6.13. The second-order valence-corrected chi connectivity index (χ2v) is 6.13. The van der Waals surface area contributed by atoms with E-state index in [1.807, 2.05) is 0 Å². The number of piperazine rings is 1. The molecule has 2 rings (SSSR count). The summed E-state index contributed by atoms with van der Waals surface area (Å²) in [6, 6.07) is 0. The first kappa shape index (κ1) is 15.2. The van der Waals surface area contributed by atoms with Crippen molar-refractivity contribution >= 4 is 0 Å². The van der Waals surface area contributed by atoms with Gasteiger partial charge < -0.3 is 14.7 Å². The Bertz CT molecular complexity index is 238. The summed E-state index contributed by atoms with van der Waals surface area (Å²) in [6.45, 7) is 10.0. The van der Waals surface area contributed by atoms with Crippen molar-refractivity contribution in [1.29, 1.82) is 0 Å². The van der Waals surface area contributed by atoms with Crippen molar-refractivity contribution in [3.63, 3.8) is 0 Å².